The Morgan fingerprint density at radius 2 is 1.74 bits per heavy atom. The summed E-state index contributed by atoms with van der Waals surface area (Å²) in [6.07, 6.45) is 5.23. The van der Waals surface area contributed by atoms with Crippen molar-refractivity contribution in [1.82, 2.24) is 19.9 Å². The number of carbonyl (C=O) groups excluding carboxylic acids is 1. The molecule has 0 spiro atoms. The number of imidazole rings is 1. The maximum Gasteiger partial charge on any atom is 0.269 e. The molecular weight excluding hydrogens is 424 g/mol. The standard InChI is InChI=1S/C28H32N4O2/c1-21-11-9-12-22(2)27(21)34-20-8-7-19-32-25-15-4-3-13-23(25)31-26(32)16-10-18-30-28(33)24-14-5-6-17-29-24/h3-6,9,11-15,17H,7-8,10,16,18-20H2,1-2H3,(H,30,33). The molecule has 6 heteroatoms. The molecule has 0 unspecified atom stereocenters. The molecule has 0 aliphatic rings. The van der Waals surface area contributed by atoms with Gasteiger partial charge in [0, 0.05) is 25.7 Å². The van der Waals surface area contributed by atoms with E-state index in [9.17, 15) is 4.79 Å². The monoisotopic (exact) mass is 456 g/mol. The second-order valence-electron chi connectivity index (χ2n) is 8.52. The Bertz CT molecular complexity index is 1210. The number of rotatable bonds is 11. The Kier molecular flexibility index (Phi) is 7.91. The number of pyridine rings is 1. The number of aryl methyl sites for hydroxylation is 4. The Balaban J connectivity index is 1.30. The number of nitrogens with zero attached hydrogens (tertiary/aromatic N) is 3. The number of carbonyl (C=O) groups is 1. The first-order valence-electron chi connectivity index (χ1n) is 12.0. The van der Waals surface area contributed by atoms with Crippen molar-refractivity contribution in [3.05, 3.63) is 89.5 Å². The molecular formula is C28H32N4O2. The lowest BCUT2D eigenvalue weighted by molar-refractivity contribution is 0.0948. The van der Waals surface area contributed by atoms with E-state index in [1.807, 2.05) is 12.1 Å². The average Bonchev–Trinajstić information content (AvgIpc) is 3.21. The number of fused-ring (bicyclic) bond motifs is 1. The van der Waals surface area contributed by atoms with Crippen LogP contribution in [0.2, 0.25) is 0 Å². The van der Waals surface area contributed by atoms with Gasteiger partial charge in [0.2, 0.25) is 0 Å². The largest absolute Gasteiger partial charge is 0.493 e. The number of hydrogen-bond donors (Lipinski definition) is 1. The van der Waals surface area contributed by atoms with E-state index in [1.165, 1.54) is 11.1 Å². The first-order chi connectivity index (χ1) is 16.6. The molecule has 0 aliphatic carbocycles. The molecule has 0 aliphatic heterocycles. The predicted molar refractivity (Wildman–Crippen MR) is 135 cm³/mol. The molecule has 2 heterocycles. The Morgan fingerprint density at radius 3 is 2.53 bits per heavy atom. The normalized spacial score (nSPS) is 11.0. The second kappa shape index (κ2) is 11.5. The lowest BCUT2D eigenvalue weighted by atomic mass is 10.1. The van der Waals surface area contributed by atoms with Crippen LogP contribution in [0.25, 0.3) is 11.0 Å². The first-order valence-corrected chi connectivity index (χ1v) is 12.0. The van der Waals surface area contributed by atoms with Crippen molar-refractivity contribution in [3.63, 3.8) is 0 Å². The molecule has 0 fully saturated rings. The molecule has 0 atom stereocenters. The van der Waals surface area contributed by atoms with Gasteiger partial charge in [-0.15, -0.1) is 0 Å². The van der Waals surface area contributed by atoms with Crippen molar-refractivity contribution in [1.29, 1.82) is 0 Å². The minimum absolute atomic E-state index is 0.141. The van der Waals surface area contributed by atoms with Gasteiger partial charge in [0.15, 0.2) is 0 Å². The molecule has 0 saturated heterocycles. The van der Waals surface area contributed by atoms with Crippen LogP contribution in [0, 0.1) is 13.8 Å². The number of hydrogen-bond acceptors (Lipinski definition) is 4. The SMILES string of the molecule is Cc1cccc(C)c1OCCCCn1c(CCCNC(=O)c2ccccn2)nc2ccccc21. The van der Waals surface area contributed by atoms with Gasteiger partial charge in [0.1, 0.15) is 17.3 Å². The molecule has 0 radical (unpaired) electrons. The smallest absolute Gasteiger partial charge is 0.269 e. The average molecular weight is 457 g/mol. The number of unbranched alkanes of at least 4 members (excludes halogenated alkanes) is 1. The summed E-state index contributed by atoms with van der Waals surface area (Å²) in [5, 5.41) is 2.95. The summed E-state index contributed by atoms with van der Waals surface area (Å²) in [4.78, 5) is 21.2. The summed E-state index contributed by atoms with van der Waals surface area (Å²) in [5.41, 5.74) is 4.97. The van der Waals surface area contributed by atoms with E-state index in [-0.39, 0.29) is 5.91 Å². The molecule has 6 nitrogen and oxygen atoms in total. The van der Waals surface area contributed by atoms with Crippen molar-refractivity contribution < 1.29 is 9.53 Å². The molecule has 2 aromatic carbocycles. The van der Waals surface area contributed by atoms with Gasteiger partial charge in [0.05, 0.1) is 17.6 Å². The summed E-state index contributed by atoms with van der Waals surface area (Å²) in [7, 11) is 0. The maximum absolute atomic E-state index is 12.2. The van der Waals surface area contributed by atoms with E-state index >= 15 is 0 Å². The third-order valence-corrected chi connectivity index (χ3v) is 5.93. The molecule has 1 N–H and O–H groups in total. The van der Waals surface area contributed by atoms with Gasteiger partial charge in [-0.05, 0) is 68.5 Å². The van der Waals surface area contributed by atoms with E-state index < -0.39 is 0 Å². The molecule has 0 bridgehead atoms. The summed E-state index contributed by atoms with van der Waals surface area (Å²) in [6, 6.07) is 19.8. The summed E-state index contributed by atoms with van der Waals surface area (Å²) < 4.78 is 8.39. The molecule has 4 rings (SSSR count). The molecule has 0 saturated carbocycles. The maximum atomic E-state index is 12.2. The van der Waals surface area contributed by atoms with E-state index in [1.54, 1.807) is 18.3 Å². The number of ether oxygens (including phenoxy) is 1. The summed E-state index contributed by atoms with van der Waals surface area (Å²) >= 11 is 0. The van der Waals surface area contributed by atoms with Crippen LogP contribution in [0.5, 0.6) is 5.75 Å². The number of benzene rings is 2. The quantitative estimate of drug-likeness (QED) is 0.312. The Hall–Kier alpha value is -3.67. The minimum atomic E-state index is -0.141. The molecule has 34 heavy (non-hydrogen) atoms. The predicted octanol–water partition coefficient (Wildman–Crippen LogP) is 5.27. The van der Waals surface area contributed by atoms with Crippen LogP contribution in [0.3, 0.4) is 0 Å². The van der Waals surface area contributed by atoms with Crippen LogP contribution < -0.4 is 10.1 Å². The fraction of sp³-hybridized carbons (Fsp3) is 0.321. The summed E-state index contributed by atoms with van der Waals surface area (Å²) in [6.45, 7) is 6.36. The van der Waals surface area contributed by atoms with Gasteiger partial charge in [0.25, 0.3) is 5.91 Å². The fourth-order valence-corrected chi connectivity index (χ4v) is 4.17. The molecule has 2 aromatic heterocycles. The fourth-order valence-electron chi connectivity index (χ4n) is 4.17. The highest BCUT2D eigenvalue weighted by Gasteiger charge is 2.11. The Morgan fingerprint density at radius 1 is 0.941 bits per heavy atom. The highest BCUT2D eigenvalue weighted by Crippen LogP contribution is 2.23. The van der Waals surface area contributed by atoms with Gasteiger partial charge in [-0.3, -0.25) is 9.78 Å². The third kappa shape index (κ3) is 5.81. The highest BCUT2D eigenvalue weighted by atomic mass is 16.5. The van der Waals surface area contributed by atoms with Crippen LogP contribution in [-0.4, -0.2) is 33.6 Å². The van der Waals surface area contributed by atoms with Gasteiger partial charge < -0.3 is 14.6 Å². The van der Waals surface area contributed by atoms with E-state index in [4.69, 9.17) is 9.72 Å². The van der Waals surface area contributed by atoms with Gasteiger partial charge in [-0.25, -0.2) is 4.98 Å². The van der Waals surface area contributed by atoms with E-state index in [0.29, 0.717) is 18.8 Å². The van der Waals surface area contributed by atoms with Crippen molar-refractivity contribution in [3.8, 4) is 5.75 Å². The molecule has 176 valence electrons. The van der Waals surface area contributed by atoms with Gasteiger partial charge in [-0.2, -0.15) is 0 Å². The number of para-hydroxylation sites is 3. The van der Waals surface area contributed by atoms with Gasteiger partial charge >= 0.3 is 0 Å². The first kappa shape index (κ1) is 23.5. The lowest BCUT2D eigenvalue weighted by Gasteiger charge is -2.13. The lowest BCUT2D eigenvalue weighted by Crippen LogP contribution is -2.25. The number of amides is 1. The molecule has 4 aromatic rings. The van der Waals surface area contributed by atoms with E-state index in [2.05, 4.69) is 65.1 Å². The van der Waals surface area contributed by atoms with Crippen molar-refractivity contribution in [2.45, 2.75) is 46.1 Å². The summed E-state index contributed by atoms with van der Waals surface area (Å²) in [5.74, 6) is 1.92. The van der Waals surface area contributed by atoms with Crippen molar-refractivity contribution >= 4 is 16.9 Å². The zero-order valence-corrected chi connectivity index (χ0v) is 20.0. The number of nitrogens with one attached hydrogen (secondary N) is 1. The van der Waals surface area contributed by atoms with Crippen molar-refractivity contribution in [2.24, 2.45) is 0 Å². The van der Waals surface area contributed by atoms with E-state index in [0.717, 1.165) is 54.8 Å². The second-order valence-corrected chi connectivity index (χ2v) is 8.52. The zero-order chi connectivity index (χ0) is 23.8. The van der Waals surface area contributed by atoms with Crippen LogP contribution in [0.1, 0.15) is 46.7 Å². The Labute approximate surface area is 201 Å². The molecule has 1 amide bonds. The van der Waals surface area contributed by atoms with Crippen LogP contribution in [-0.2, 0) is 13.0 Å². The zero-order valence-electron chi connectivity index (χ0n) is 20.0. The van der Waals surface area contributed by atoms with Crippen LogP contribution in [0.15, 0.2) is 66.9 Å². The third-order valence-electron chi connectivity index (χ3n) is 5.93. The van der Waals surface area contributed by atoms with Crippen LogP contribution >= 0.6 is 0 Å². The number of aromatic nitrogens is 3. The van der Waals surface area contributed by atoms with Gasteiger partial charge in [-0.1, -0.05) is 36.4 Å². The topological polar surface area (TPSA) is 69.0 Å². The van der Waals surface area contributed by atoms with Crippen molar-refractivity contribution in [2.75, 3.05) is 13.2 Å². The van der Waals surface area contributed by atoms with Crippen LogP contribution in [0.4, 0.5) is 0 Å². The minimum Gasteiger partial charge on any atom is -0.493 e. The highest BCUT2D eigenvalue weighted by molar-refractivity contribution is 5.92.